The summed E-state index contributed by atoms with van der Waals surface area (Å²) in [6, 6.07) is 18.4. The van der Waals surface area contributed by atoms with Crippen molar-refractivity contribution in [3.05, 3.63) is 111 Å². The third-order valence-electron chi connectivity index (χ3n) is 12.1. The van der Waals surface area contributed by atoms with E-state index in [1.54, 1.807) is 24.4 Å². The molecule has 4 N–H and O–H groups in total. The normalized spacial score (nSPS) is 17.7. The third-order valence-corrected chi connectivity index (χ3v) is 14.2. The molecule has 1 amide bonds. The Labute approximate surface area is 360 Å². The highest BCUT2D eigenvalue weighted by Gasteiger charge is 2.36. The maximum atomic E-state index is 15.2. The minimum absolute atomic E-state index is 0.165. The van der Waals surface area contributed by atoms with Gasteiger partial charge in [0.05, 0.1) is 27.3 Å². The molecule has 0 bridgehead atoms. The molecule has 3 aliphatic rings. The van der Waals surface area contributed by atoms with E-state index in [2.05, 4.69) is 46.2 Å². The molecule has 320 valence electrons. The highest BCUT2D eigenvalue weighted by molar-refractivity contribution is 7.91. The molecule has 16 heteroatoms. The van der Waals surface area contributed by atoms with E-state index in [9.17, 15) is 14.9 Å². The molecule has 0 saturated carbocycles. The van der Waals surface area contributed by atoms with Crippen LogP contribution in [0.5, 0.6) is 11.5 Å². The number of aromatic amines is 1. The van der Waals surface area contributed by atoms with E-state index in [0.29, 0.717) is 67.7 Å². The van der Waals surface area contributed by atoms with Crippen molar-refractivity contribution < 1.29 is 27.6 Å². The van der Waals surface area contributed by atoms with Crippen LogP contribution in [0.1, 0.15) is 61.9 Å². The fraction of sp³-hybridized carbons (Fsp3) is 0.378. The van der Waals surface area contributed by atoms with Gasteiger partial charge in [0.15, 0.2) is 5.75 Å². The summed E-state index contributed by atoms with van der Waals surface area (Å²) in [4.78, 5) is 36.1. The Balaban J connectivity index is 1.15. The van der Waals surface area contributed by atoms with Crippen LogP contribution >= 0.6 is 11.6 Å². The van der Waals surface area contributed by atoms with Gasteiger partial charge in [-0.05, 0) is 103 Å². The van der Waals surface area contributed by atoms with Crippen LogP contribution in [0.4, 0.5) is 17.1 Å². The summed E-state index contributed by atoms with van der Waals surface area (Å²) in [7, 11) is -4.63. The van der Waals surface area contributed by atoms with Gasteiger partial charge in [0, 0.05) is 75.2 Å². The van der Waals surface area contributed by atoms with E-state index >= 15 is 8.42 Å². The maximum absolute atomic E-state index is 15.2. The first-order valence-electron chi connectivity index (χ1n) is 20.6. The van der Waals surface area contributed by atoms with Crippen LogP contribution in [0.3, 0.4) is 0 Å². The number of amides is 1. The number of rotatable bonds is 13. The largest absolute Gasteiger partial charge is 0.453 e. The fourth-order valence-electron chi connectivity index (χ4n) is 8.63. The number of nitrogens with two attached hydrogens (primary N) is 1. The van der Waals surface area contributed by atoms with Gasteiger partial charge in [0.1, 0.15) is 22.0 Å². The van der Waals surface area contributed by atoms with Gasteiger partial charge < -0.3 is 30.4 Å². The number of piperazine rings is 1. The number of carbonyl (C=O) groups is 1. The molecule has 2 aromatic heterocycles. The molecule has 61 heavy (non-hydrogen) atoms. The number of sulfone groups is 1. The number of allylic oxidation sites excluding steroid dienone is 1. The average Bonchev–Trinajstić information content (AvgIpc) is 3.72. The molecule has 0 atom stereocenters. The smallest absolute Gasteiger partial charge is 0.293 e. The Kier molecular flexibility index (Phi) is 12.1. The molecule has 4 heterocycles. The second kappa shape index (κ2) is 17.5. The lowest BCUT2D eigenvalue weighted by Gasteiger charge is -2.40. The van der Waals surface area contributed by atoms with Crippen LogP contribution in [-0.4, -0.2) is 86.6 Å². The number of aromatic nitrogens is 2. The number of H-pyrrole nitrogens is 1. The van der Waals surface area contributed by atoms with Crippen molar-refractivity contribution in [1.82, 2.24) is 14.9 Å². The van der Waals surface area contributed by atoms with Crippen LogP contribution < -0.4 is 20.7 Å². The summed E-state index contributed by atoms with van der Waals surface area (Å²) in [5.41, 5.74) is 10.5. The van der Waals surface area contributed by atoms with E-state index in [4.69, 9.17) is 26.8 Å². The van der Waals surface area contributed by atoms with Crippen LogP contribution in [0.25, 0.3) is 16.6 Å². The molecule has 0 unspecified atom stereocenters. The molecule has 2 fully saturated rings. The van der Waals surface area contributed by atoms with Crippen molar-refractivity contribution >= 4 is 61.0 Å². The Morgan fingerprint density at radius 2 is 1.82 bits per heavy atom. The minimum Gasteiger partial charge on any atom is -0.453 e. The van der Waals surface area contributed by atoms with Gasteiger partial charge in [-0.15, -0.1) is 0 Å². The zero-order valence-corrected chi connectivity index (χ0v) is 35.9. The number of carbonyl (C=O) groups excluding carboxylic acids is 1. The van der Waals surface area contributed by atoms with Gasteiger partial charge >= 0.3 is 0 Å². The van der Waals surface area contributed by atoms with Crippen molar-refractivity contribution in [1.29, 1.82) is 0 Å². The number of benzene rings is 3. The van der Waals surface area contributed by atoms with E-state index in [-0.39, 0.29) is 43.9 Å². The van der Waals surface area contributed by atoms with Crippen molar-refractivity contribution in [2.24, 2.45) is 17.1 Å². The summed E-state index contributed by atoms with van der Waals surface area (Å²) >= 11 is 6.26. The SMILES string of the molecule is CC1(C)CCC(CN2CCN(c3ccc(C(N)=O)c(Oc4cnc5[nH]ccc5c4)c3S(=O)(=O)c3ccc(NCC4CCOCC4)c([N+](=O)[O-])c3)CC2)=C(c2ccc(Cl)cc2)C1. The van der Waals surface area contributed by atoms with Crippen LogP contribution in [0, 0.1) is 21.4 Å². The second-order valence-corrected chi connectivity index (χ2v) is 19.2. The Morgan fingerprint density at radius 3 is 2.54 bits per heavy atom. The number of ether oxygens (including phenoxy) is 2. The van der Waals surface area contributed by atoms with E-state index in [0.717, 1.165) is 44.7 Å². The zero-order chi connectivity index (χ0) is 42.9. The van der Waals surface area contributed by atoms with E-state index < -0.39 is 26.4 Å². The van der Waals surface area contributed by atoms with Crippen molar-refractivity contribution in [2.75, 3.05) is 62.7 Å². The summed E-state index contributed by atoms with van der Waals surface area (Å²) in [6.45, 7) is 9.26. The molecule has 14 nitrogen and oxygen atoms in total. The number of nitro groups is 1. The number of hydrogen-bond donors (Lipinski definition) is 3. The molecule has 0 radical (unpaired) electrons. The van der Waals surface area contributed by atoms with Gasteiger partial charge in [0.25, 0.3) is 11.6 Å². The molecule has 8 rings (SSSR count). The number of halogens is 1. The predicted octanol–water partition coefficient (Wildman–Crippen LogP) is 8.47. The monoisotopic (exact) mass is 867 g/mol. The van der Waals surface area contributed by atoms with Gasteiger partial charge in [-0.1, -0.05) is 43.2 Å². The molecule has 0 spiro atoms. The van der Waals surface area contributed by atoms with Gasteiger partial charge in [0.2, 0.25) is 9.84 Å². The number of fused-ring (bicyclic) bond motifs is 1. The van der Waals surface area contributed by atoms with E-state index in [1.807, 2.05) is 17.0 Å². The Bertz CT molecular complexity index is 2600. The molecule has 5 aromatic rings. The first-order chi connectivity index (χ1) is 29.3. The average molecular weight is 868 g/mol. The van der Waals surface area contributed by atoms with Gasteiger partial charge in [-0.25, -0.2) is 13.4 Å². The van der Waals surface area contributed by atoms with Crippen molar-refractivity contribution in [3.8, 4) is 11.5 Å². The topological polar surface area (TPSA) is 186 Å². The van der Waals surface area contributed by atoms with Crippen LogP contribution in [-0.2, 0) is 14.6 Å². The standard InChI is InChI=1S/C45H50ClN7O7S/c1-45(2)15-11-32(37(25-45)30-3-5-33(46)6-4-30)28-51-17-19-52(20-18-51)39-10-8-36(43(47)54)41(60-34-23-31-12-16-48-44(31)50-27-34)42(39)61(57,58)35-7-9-38(40(24-35)53(55)56)49-26-29-13-21-59-22-14-29/h3-10,12,16,23-24,27,29,49H,11,13-15,17-22,25-26,28H2,1-2H3,(H2,47,54)(H,48,50). The predicted molar refractivity (Wildman–Crippen MR) is 236 cm³/mol. The van der Waals surface area contributed by atoms with Gasteiger partial charge in [-0.2, -0.15) is 0 Å². The zero-order valence-electron chi connectivity index (χ0n) is 34.3. The minimum atomic E-state index is -4.63. The first-order valence-corrected chi connectivity index (χ1v) is 22.5. The number of anilines is 2. The van der Waals surface area contributed by atoms with Crippen molar-refractivity contribution in [2.45, 2.75) is 55.7 Å². The summed E-state index contributed by atoms with van der Waals surface area (Å²) in [6.07, 6.45) is 7.78. The molecule has 3 aromatic carbocycles. The highest BCUT2D eigenvalue weighted by atomic mass is 35.5. The molecule has 2 saturated heterocycles. The molecular formula is C45H50ClN7O7S. The highest BCUT2D eigenvalue weighted by Crippen LogP contribution is 2.45. The third kappa shape index (κ3) is 9.25. The number of hydrogen-bond acceptors (Lipinski definition) is 11. The first kappa shape index (κ1) is 42.2. The fourth-order valence-corrected chi connectivity index (χ4v) is 10.4. The summed E-state index contributed by atoms with van der Waals surface area (Å²) in [5, 5.41) is 17.1. The van der Waals surface area contributed by atoms with Crippen LogP contribution in [0.15, 0.2) is 94.5 Å². The van der Waals surface area contributed by atoms with Crippen LogP contribution in [0.2, 0.25) is 5.02 Å². The number of nitrogens with zero attached hydrogens (tertiary/aromatic N) is 4. The molecule has 1 aliphatic carbocycles. The summed E-state index contributed by atoms with van der Waals surface area (Å²) < 4.78 is 42.1. The Morgan fingerprint density at radius 1 is 1.07 bits per heavy atom. The number of pyridine rings is 1. The lowest BCUT2D eigenvalue weighted by atomic mass is 9.72. The molecular weight excluding hydrogens is 818 g/mol. The quantitative estimate of drug-likeness (QED) is 0.0761. The van der Waals surface area contributed by atoms with Crippen molar-refractivity contribution in [3.63, 3.8) is 0 Å². The lowest BCUT2D eigenvalue weighted by molar-refractivity contribution is -0.384. The number of nitrogens with one attached hydrogen (secondary N) is 2. The second-order valence-electron chi connectivity index (χ2n) is 16.9. The van der Waals surface area contributed by atoms with Gasteiger partial charge in [-0.3, -0.25) is 19.8 Å². The number of nitro benzene ring substituents is 1. The maximum Gasteiger partial charge on any atom is 0.293 e. The lowest BCUT2D eigenvalue weighted by Crippen LogP contribution is -2.47. The van der Waals surface area contributed by atoms with E-state index in [1.165, 1.54) is 41.1 Å². The molecule has 2 aliphatic heterocycles. The summed E-state index contributed by atoms with van der Waals surface area (Å²) in [5.74, 6) is -0.756. The number of primary amides is 1. The Hall–Kier alpha value is -5.48.